The maximum Gasteiger partial charge on any atom is 0.267 e. The molecule has 0 unspecified atom stereocenters. The molecule has 134 valence electrons. The normalized spacial score (nSPS) is 13.5. The lowest BCUT2D eigenvalue weighted by atomic mass is 9.97. The molecule has 0 fully saturated rings. The molecule has 0 aliphatic heterocycles. The summed E-state index contributed by atoms with van der Waals surface area (Å²) in [7, 11) is 0. The second kappa shape index (κ2) is 7.34. The third kappa shape index (κ3) is 3.46. The molecular weight excluding hydrogens is 390 g/mol. The van der Waals surface area contributed by atoms with Crippen LogP contribution in [0.4, 0.5) is 0 Å². The van der Waals surface area contributed by atoms with E-state index in [0.29, 0.717) is 15.4 Å². The number of thiophene rings is 2. The monoisotopic (exact) mass is 405 g/mol. The van der Waals surface area contributed by atoms with Gasteiger partial charge in [0.15, 0.2) is 5.16 Å². The number of H-pyrrole nitrogens is 1. The minimum Gasteiger partial charge on any atom is -0.301 e. The third-order valence-electron chi connectivity index (χ3n) is 4.14. The zero-order chi connectivity index (χ0) is 18.1. The van der Waals surface area contributed by atoms with E-state index in [9.17, 15) is 14.4 Å². The highest BCUT2D eigenvalue weighted by molar-refractivity contribution is 7.99. The quantitative estimate of drug-likeness (QED) is 0.514. The van der Waals surface area contributed by atoms with Gasteiger partial charge in [-0.2, -0.15) is 0 Å². The van der Waals surface area contributed by atoms with E-state index >= 15 is 0 Å². The minimum atomic E-state index is -0.415. The Balaban J connectivity index is 1.47. The van der Waals surface area contributed by atoms with Crippen LogP contribution in [0, 0.1) is 0 Å². The molecule has 0 bridgehead atoms. The molecule has 3 aromatic heterocycles. The number of carbonyl (C=O) groups excluding carboxylic acids is 2. The Morgan fingerprint density at radius 2 is 2.15 bits per heavy atom. The fourth-order valence-corrected chi connectivity index (χ4v) is 5.58. The van der Waals surface area contributed by atoms with E-state index in [2.05, 4.69) is 15.3 Å². The van der Waals surface area contributed by atoms with Gasteiger partial charge in [0.05, 0.1) is 16.0 Å². The molecule has 0 radical (unpaired) electrons. The van der Waals surface area contributed by atoms with Gasteiger partial charge in [0.2, 0.25) is 5.91 Å². The second-order valence-corrected chi connectivity index (χ2v) is 8.90. The number of aromatic amines is 1. The first-order valence-corrected chi connectivity index (χ1v) is 10.8. The van der Waals surface area contributed by atoms with Gasteiger partial charge in [-0.3, -0.25) is 19.7 Å². The van der Waals surface area contributed by atoms with Crippen molar-refractivity contribution in [3.63, 3.8) is 0 Å². The van der Waals surface area contributed by atoms with Crippen LogP contribution < -0.4 is 10.9 Å². The van der Waals surface area contributed by atoms with Crippen LogP contribution in [0.2, 0.25) is 0 Å². The fourth-order valence-electron chi connectivity index (χ4n) is 2.98. The standard InChI is InChI=1S/C17H15N3O3S3/c21-12(18-14(22)11-6-3-7-24-11)8-25-17-19-15(23)13-9-4-1-2-5-10(9)26-16(13)20-17/h3,6-7H,1-2,4-5,8H2,(H,18,21,22)(H,19,20,23). The molecule has 0 saturated carbocycles. The number of amides is 2. The summed E-state index contributed by atoms with van der Waals surface area (Å²) in [6, 6.07) is 3.41. The van der Waals surface area contributed by atoms with E-state index in [-0.39, 0.29) is 11.3 Å². The maximum atomic E-state index is 12.5. The van der Waals surface area contributed by atoms with Gasteiger partial charge >= 0.3 is 0 Å². The lowest BCUT2D eigenvalue weighted by molar-refractivity contribution is -0.117. The van der Waals surface area contributed by atoms with Crippen LogP contribution in [0.5, 0.6) is 0 Å². The predicted molar refractivity (Wildman–Crippen MR) is 104 cm³/mol. The van der Waals surface area contributed by atoms with Crippen molar-refractivity contribution in [2.75, 3.05) is 5.75 Å². The summed E-state index contributed by atoms with van der Waals surface area (Å²) in [4.78, 5) is 46.0. The van der Waals surface area contributed by atoms with Crippen LogP contribution in [0.25, 0.3) is 10.2 Å². The number of aromatic nitrogens is 2. The average molecular weight is 406 g/mol. The van der Waals surface area contributed by atoms with Gasteiger partial charge in [0.1, 0.15) is 4.83 Å². The van der Waals surface area contributed by atoms with E-state index in [1.807, 2.05) is 0 Å². The van der Waals surface area contributed by atoms with E-state index in [1.54, 1.807) is 28.8 Å². The van der Waals surface area contributed by atoms with E-state index in [4.69, 9.17) is 0 Å². The SMILES string of the molecule is O=C(CSc1nc2sc3c(c2c(=O)[nH]1)CCCC3)NC(=O)c1cccs1. The van der Waals surface area contributed by atoms with Gasteiger partial charge in [-0.15, -0.1) is 22.7 Å². The summed E-state index contributed by atoms with van der Waals surface area (Å²) < 4.78 is 0. The van der Waals surface area contributed by atoms with Gasteiger partial charge in [-0.1, -0.05) is 17.8 Å². The molecule has 2 N–H and O–H groups in total. The first kappa shape index (κ1) is 17.4. The smallest absolute Gasteiger partial charge is 0.267 e. The molecule has 6 nitrogen and oxygen atoms in total. The van der Waals surface area contributed by atoms with Crippen LogP contribution in [0.15, 0.2) is 27.5 Å². The van der Waals surface area contributed by atoms with Crippen LogP contribution in [0.3, 0.4) is 0 Å². The van der Waals surface area contributed by atoms with E-state index in [0.717, 1.165) is 47.8 Å². The first-order chi connectivity index (χ1) is 12.6. The molecule has 1 aliphatic rings. The molecule has 1 aliphatic carbocycles. The van der Waals surface area contributed by atoms with Crippen LogP contribution in [-0.4, -0.2) is 27.5 Å². The Kier molecular flexibility index (Phi) is 4.92. The van der Waals surface area contributed by atoms with Crippen LogP contribution in [0.1, 0.15) is 33.0 Å². The number of imide groups is 1. The van der Waals surface area contributed by atoms with Crippen LogP contribution >= 0.6 is 34.4 Å². The summed E-state index contributed by atoms with van der Waals surface area (Å²) in [6.07, 6.45) is 4.19. The summed E-state index contributed by atoms with van der Waals surface area (Å²) in [5.74, 6) is -0.813. The molecule has 26 heavy (non-hydrogen) atoms. The zero-order valence-electron chi connectivity index (χ0n) is 13.7. The number of hydrogen-bond acceptors (Lipinski definition) is 7. The maximum absolute atomic E-state index is 12.5. The number of nitrogens with zero attached hydrogens (tertiary/aromatic N) is 1. The van der Waals surface area contributed by atoms with Crippen molar-refractivity contribution < 1.29 is 9.59 Å². The molecule has 0 aromatic carbocycles. The predicted octanol–water partition coefficient (Wildman–Crippen LogP) is 2.97. The van der Waals surface area contributed by atoms with Crippen molar-refractivity contribution in [3.05, 3.63) is 43.2 Å². The molecule has 0 saturated heterocycles. The molecule has 0 spiro atoms. The van der Waals surface area contributed by atoms with Crippen molar-refractivity contribution in [3.8, 4) is 0 Å². The third-order valence-corrected chi connectivity index (χ3v) is 7.07. The minimum absolute atomic E-state index is 0.0106. The van der Waals surface area contributed by atoms with Crippen LogP contribution in [-0.2, 0) is 17.6 Å². The van der Waals surface area contributed by atoms with Gasteiger partial charge in [0, 0.05) is 4.88 Å². The highest BCUT2D eigenvalue weighted by atomic mass is 32.2. The lowest BCUT2D eigenvalue weighted by Crippen LogP contribution is -2.31. The molecule has 3 aromatic rings. The summed E-state index contributed by atoms with van der Waals surface area (Å²) >= 11 is 3.97. The van der Waals surface area contributed by atoms with Gasteiger partial charge in [-0.05, 0) is 42.7 Å². The topological polar surface area (TPSA) is 91.9 Å². The molecule has 0 atom stereocenters. The average Bonchev–Trinajstić information content (AvgIpc) is 3.27. The number of aryl methyl sites for hydroxylation is 2. The Morgan fingerprint density at radius 3 is 2.96 bits per heavy atom. The van der Waals surface area contributed by atoms with Gasteiger partial charge < -0.3 is 4.98 Å². The second-order valence-electron chi connectivity index (χ2n) is 5.91. The number of carbonyl (C=O) groups is 2. The largest absolute Gasteiger partial charge is 0.301 e. The number of nitrogens with one attached hydrogen (secondary N) is 2. The van der Waals surface area contributed by atoms with E-state index in [1.165, 1.54) is 16.2 Å². The number of hydrogen-bond donors (Lipinski definition) is 2. The highest BCUT2D eigenvalue weighted by Gasteiger charge is 2.20. The number of thioether (sulfide) groups is 1. The summed E-state index contributed by atoms with van der Waals surface area (Å²) in [5.41, 5.74) is 0.993. The van der Waals surface area contributed by atoms with Crippen molar-refractivity contribution in [1.29, 1.82) is 0 Å². The summed E-state index contributed by atoms with van der Waals surface area (Å²) in [5, 5.41) is 5.22. The highest BCUT2D eigenvalue weighted by Crippen LogP contribution is 2.34. The zero-order valence-corrected chi connectivity index (χ0v) is 16.1. The van der Waals surface area contributed by atoms with Crippen molar-refractivity contribution >= 4 is 56.5 Å². The van der Waals surface area contributed by atoms with Crippen molar-refractivity contribution in [2.24, 2.45) is 0 Å². The molecule has 2 amide bonds. The Bertz CT molecular complexity index is 1040. The van der Waals surface area contributed by atoms with Crippen molar-refractivity contribution in [2.45, 2.75) is 30.8 Å². The Labute approximate surface area is 161 Å². The van der Waals surface area contributed by atoms with Gasteiger partial charge in [0.25, 0.3) is 11.5 Å². The summed E-state index contributed by atoms with van der Waals surface area (Å²) in [6.45, 7) is 0. The Morgan fingerprint density at radius 1 is 1.31 bits per heavy atom. The Hall–Kier alpha value is -1.97. The van der Waals surface area contributed by atoms with Gasteiger partial charge in [-0.25, -0.2) is 4.98 Å². The lowest BCUT2D eigenvalue weighted by Gasteiger charge is -2.09. The number of rotatable bonds is 4. The first-order valence-electron chi connectivity index (χ1n) is 8.17. The molecular formula is C17H15N3O3S3. The molecule has 4 rings (SSSR count). The fraction of sp³-hybridized carbons (Fsp3) is 0.294. The number of fused-ring (bicyclic) bond motifs is 3. The van der Waals surface area contributed by atoms with Crippen molar-refractivity contribution in [1.82, 2.24) is 15.3 Å². The van der Waals surface area contributed by atoms with E-state index < -0.39 is 11.8 Å². The molecule has 9 heteroatoms. The molecule has 3 heterocycles.